The smallest absolute Gasteiger partial charge is 0.275 e. The summed E-state index contributed by atoms with van der Waals surface area (Å²) in [6.07, 6.45) is 2.70. The molecule has 5 nitrogen and oxygen atoms in total. The summed E-state index contributed by atoms with van der Waals surface area (Å²) in [6.45, 7) is 0.252. The van der Waals surface area contributed by atoms with Gasteiger partial charge in [-0.15, -0.1) is 0 Å². The molecule has 2 N–H and O–H groups in total. The number of benzene rings is 2. The van der Waals surface area contributed by atoms with E-state index >= 15 is 0 Å². The van der Waals surface area contributed by atoms with E-state index in [-0.39, 0.29) is 18.1 Å². The molecule has 0 bridgehead atoms. The highest BCUT2D eigenvalue weighted by Crippen LogP contribution is 2.30. The van der Waals surface area contributed by atoms with Crippen LogP contribution in [0.15, 0.2) is 54.9 Å². The van der Waals surface area contributed by atoms with E-state index in [0.717, 1.165) is 0 Å². The number of nitrogens with zero attached hydrogens (tertiary/aromatic N) is 2. The Morgan fingerprint density at radius 3 is 2.38 bits per heavy atom. The molecule has 0 spiro atoms. The maximum absolute atomic E-state index is 13.6. The van der Waals surface area contributed by atoms with Gasteiger partial charge < -0.3 is 10.6 Å². The number of aromatic nitrogens is 2. The zero-order chi connectivity index (χ0) is 18.5. The molecule has 1 amide bonds. The van der Waals surface area contributed by atoms with Crippen molar-refractivity contribution in [1.29, 1.82) is 0 Å². The summed E-state index contributed by atoms with van der Waals surface area (Å²) in [5.74, 6) is -0.380. The minimum absolute atomic E-state index is 0.0948. The molecule has 0 unspecified atom stereocenters. The van der Waals surface area contributed by atoms with Gasteiger partial charge in [-0.25, -0.2) is 14.4 Å². The monoisotopic (exact) mass is 390 g/mol. The highest BCUT2D eigenvalue weighted by atomic mass is 35.5. The van der Waals surface area contributed by atoms with Crippen molar-refractivity contribution in [1.82, 2.24) is 9.97 Å². The van der Waals surface area contributed by atoms with Gasteiger partial charge in [-0.2, -0.15) is 0 Å². The number of hydrogen-bond donors (Lipinski definition) is 2. The molecule has 1 aromatic heterocycles. The Bertz CT molecular complexity index is 914. The van der Waals surface area contributed by atoms with Crippen LogP contribution in [0.25, 0.3) is 0 Å². The van der Waals surface area contributed by atoms with Gasteiger partial charge in [-0.05, 0) is 18.2 Å². The number of carbonyl (C=O) groups excluding carboxylic acids is 1. The van der Waals surface area contributed by atoms with Gasteiger partial charge in [0, 0.05) is 12.1 Å². The van der Waals surface area contributed by atoms with E-state index < -0.39 is 5.91 Å². The van der Waals surface area contributed by atoms with Crippen LogP contribution in [0.4, 0.5) is 15.9 Å². The topological polar surface area (TPSA) is 66.9 Å². The van der Waals surface area contributed by atoms with E-state index in [9.17, 15) is 9.18 Å². The summed E-state index contributed by atoms with van der Waals surface area (Å²) >= 11 is 12.0. The maximum atomic E-state index is 13.6. The minimum atomic E-state index is -0.492. The molecule has 26 heavy (non-hydrogen) atoms. The quantitative estimate of drug-likeness (QED) is 0.657. The summed E-state index contributed by atoms with van der Waals surface area (Å²) in [5, 5.41) is 6.20. The fraction of sp³-hybridized carbons (Fsp3) is 0.0556. The number of nitrogens with one attached hydrogen (secondary N) is 2. The Labute approximate surface area is 159 Å². The maximum Gasteiger partial charge on any atom is 0.275 e. The van der Waals surface area contributed by atoms with Gasteiger partial charge >= 0.3 is 0 Å². The second kappa shape index (κ2) is 8.12. The van der Waals surface area contributed by atoms with E-state index in [1.54, 1.807) is 36.4 Å². The highest BCUT2D eigenvalue weighted by Gasteiger charge is 2.13. The Balaban J connectivity index is 1.65. The Kier molecular flexibility index (Phi) is 5.65. The molecule has 0 aliphatic heterocycles. The van der Waals surface area contributed by atoms with E-state index in [1.807, 2.05) is 0 Å². The average molecular weight is 391 g/mol. The predicted octanol–water partition coefficient (Wildman–Crippen LogP) is 4.79. The van der Waals surface area contributed by atoms with E-state index in [1.165, 1.54) is 18.5 Å². The van der Waals surface area contributed by atoms with Crippen molar-refractivity contribution in [2.24, 2.45) is 0 Å². The van der Waals surface area contributed by atoms with Gasteiger partial charge in [0.1, 0.15) is 17.3 Å². The average Bonchev–Trinajstić information content (AvgIpc) is 2.64. The van der Waals surface area contributed by atoms with Crippen molar-refractivity contribution in [3.05, 3.63) is 82.0 Å². The van der Waals surface area contributed by atoms with Crippen molar-refractivity contribution in [2.75, 3.05) is 10.6 Å². The molecule has 132 valence electrons. The third-order valence-corrected chi connectivity index (χ3v) is 4.13. The van der Waals surface area contributed by atoms with E-state index in [2.05, 4.69) is 20.6 Å². The third kappa shape index (κ3) is 4.28. The SMILES string of the molecule is O=C(Nc1c(Cl)cccc1Cl)c1cnc(NCc2ccccc2F)cn1. The number of anilines is 2. The first-order valence-electron chi connectivity index (χ1n) is 7.59. The van der Waals surface area contributed by atoms with Crippen LogP contribution in [0.5, 0.6) is 0 Å². The zero-order valence-electron chi connectivity index (χ0n) is 13.3. The fourth-order valence-electron chi connectivity index (χ4n) is 2.16. The Morgan fingerprint density at radius 1 is 1.00 bits per heavy atom. The number of amides is 1. The van der Waals surface area contributed by atoms with Crippen LogP contribution in [0.2, 0.25) is 10.0 Å². The van der Waals surface area contributed by atoms with Crippen LogP contribution in [-0.2, 0) is 6.54 Å². The van der Waals surface area contributed by atoms with Crippen molar-refractivity contribution >= 4 is 40.6 Å². The number of para-hydroxylation sites is 1. The molecule has 2 aromatic carbocycles. The van der Waals surface area contributed by atoms with Gasteiger partial charge in [0.15, 0.2) is 0 Å². The number of rotatable bonds is 5. The van der Waals surface area contributed by atoms with E-state index in [0.29, 0.717) is 27.1 Å². The second-order valence-corrected chi connectivity index (χ2v) is 6.10. The van der Waals surface area contributed by atoms with Crippen molar-refractivity contribution in [2.45, 2.75) is 6.54 Å². The molecule has 0 atom stereocenters. The van der Waals surface area contributed by atoms with Gasteiger partial charge in [0.05, 0.1) is 28.1 Å². The molecular weight excluding hydrogens is 378 g/mol. The van der Waals surface area contributed by atoms with Gasteiger partial charge in [-0.1, -0.05) is 47.5 Å². The van der Waals surface area contributed by atoms with Crippen molar-refractivity contribution in [3.8, 4) is 0 Å². The van der Waals surface area contributed by atoms with Gasteiger partial charge in [0.25, 0.3) is 5.91 Å². The zero-order valence-corrected chi connectivity index (χ0v) is 14.9. The van der Waals surface area contributed by atoms with Crippen molar-refractivity contribution in [3.63, 3.8) is 0 Å². The molecule has 3 aromatic rings. The van der Waals surface area contributed by atoms with Crippen LogP contribution >= 0.6 is 23.2 Å². The van der Waals surface area contributed by atoms with Crippen molar-refractivity contribution < 1.29 is 9.18 Å². The molecule has 3 rings (SSSR count). The van der Waals surface area contributed by atoms with Gasteiger partial charge in [-0.3, -0.25) is 4.79 Å². The lowest BCUT2D eigenvalue weighted by Gasteiger charge is -2.09. The Morgan fingerprint density at radius 2 is 1.73 bits per heavy atom. The minimum Gasteiger partial charge on any atom is -0.365 e. The standard InChI is InChI=1S/C18H13Cl2FN4O/c19-12-5-3-6-13(20)17(12)25-18(26)15-9-24-16(10-22-15)23-8-11-4-1-2-7-14(11)21/h1-7,9-10H,8H2,(H,23,24)(H,25,26). The molecule has 0 aliphatic carbocycles. The molecular formula is C18H13Cl2FN4O. The third-order valence-electron chi connectivity index (χ3n) is 3.50. The second-order valence-electron chi connectivity index (χ2n) is 5.28. The lowest BCUT2D eigenvalue weighted by atomic mass is 10.2. The summed E-state index contributed by atoms with van der Waals surface area (Å²) < 4.78 is 13.6. The molecule has 0 radical (unpaired) electrons. The number of halogens is 3. The summed E-state index contributed by atoms with van der Waals surface area (Å²) in [4.78, 5) is 20.4. The first-order valence-corrected chi connectivity index (χ1v) is 8.35. The van der Waals surface area contributed by atoms with E-state index in [4.69, 9.17) is 23.2 Å². The normalized spacial score (nSPS) is 10.4. The summed E-state index contributed by atoms with van der Waals surface area (Å²) in [5.41, 5.74) is 0.909. The van der Waals surface area contributed by atoms with Crippen LogP contribution in [0.1, 0.15) is 16.1 Å². The molecule has 8 heteroatoms. The molecule has 0 aliphatic rings. The van der Waals surface area contributed by atoms with Gasteiger partial charge in [0.2, 0.25) is 0 Å². The first-order chi connectivity index (χ1) is 12.5. The molecule has 0 saturated heterocycles. The Hall–Kier alpha value is -2.70. The highest BCUT2D eigenvalue weighted by molar-refractivity contribution is 6.39. The predicted molar refractivity (Wildman–Crippen MR) is 100 cm³/mol. The first kappa shape index (κ1) is 18.1. The van der Waals surface area contributed by atoms with Crippen LogP contribution in [0, 0.1) is 5.82 Å². The fourth-order valence-corrected chi connectivity index (χ4v) is 2.65. The summed E-state index contributed by atoms with van der Waals surface area (Å²) in [7, 11) is 0. The number of carbonyl (C=O) groups is 1. The molecule has 0 fully saturated rings. The molecule has 0 saturated carbocycles. The lowest BCUT2D eigenvalue weighted by molar-refractivity contribution is 0.102. The van der Waals surface area contributed by atoms with Crippen LogP contribution < -0.4 is 10.6 Å². The summed E-state index contributed by atoms with van der Waals surface area (Å²) in [6, 6.07) is 11.3. The largest absolute Gasteiger partial charge is 0.365 e. The lowest BCUT2D eigenvalue weighted by Crippen LogP contribution is -2.15. The van der Waals surface area contributed by atoms with Crippen LogP contribution in [-0.4, -0.2) is 15.9 Å². The molecule has 1 heterocycles. The number of hydrogen-bond acceptors (Lipinski definition) is 4. The van der Waals surface area contributed by atoms with Crippen LogP contribution in [0.3, 0.4) is 0 Å².